The molecule has 0 aliphatic rings. The van der Waals surface area contributed by atoms with E-state index in [-0.39, 0.29) is 16.6 Å². The molecule has 0 aliphatic heterocycles. The molecule has 84 valence electrons. The molecule has 15 heavy (non-hydrogen) atoms. The first-order chi connectivity index (χ1) is 6.90. The fraction of sp³-hybridized carbons (Fsp3) is 0.333. The van der Waals surface area contributed by atoms with Crippen molar-refractivity contribution < 1.29 is 17.9 Å². The molecule has 0 fully saturated rings. The summed E-state index contributed by atoms with van der Waals surface area (Å²) in [4.78, 5) is 0. The molecule has 2 N–H and O–H groups in total. The molecule has 1 aromatic rings. The number of nitrogens with two attached hydrogens (primary N) is 1. The van der Waals surface area contributed by atoms with Gasteiger partial charge in [0.05, 0.1) is 17.1 Å². The van der Waals surface area contributed by atoms with Crippen LogP contribution in [-0.2, 0) is 12.7 Å². The fourth-order valence-electron chi connectivity index (χ4n) is 1.18. The average molecular weight is 284 g/mol. The Morgan fingerprint density at radius 1 is 1.40 bits per heavy atom. The predicted octanol–water partition coefficient (Wildman–Crippen LogP) is 2.94. The Morgan fingerprint density at radius 2 is 2.00 bits per heavy atom. The van der Waals surface area contributed by atoms with Gasteiger partial charge >= 0.3 is 6.18 Å². The number of alkyl halides is 3. The first kappa shape index (κ1) is 12.3. The number of hydrogen-bond donors (Lipinski definition) is 1. The number of methoxy groups -OCH3 is 1. The highest BCUT2D eigenvalue weighted by Crippen LogP contribution is 2.37. The van der Waals surface area contributed by atoms with E-state index in [2.05, 4.69) is 15.9 Å². The molecule has 0 heterocycles. The second-order valence-corrected chi connectivity index (χ2v) is 3.70. The van der Waals surface area contributed by atoms with Gasteiger partial charge in [0.1, 0.15) is 5.75 Å². The summed E-state index contributed by atoms with van der Waals surface area (Å²) in [6.45, 7) is -0.182. The highest BCUT2D eigenvalue weighted by molar-refractivity contribution is 9.10. The Labute approximate surface area is 93.3 Å². The van der Waals surface area contributed by atoms with Crippen LogP contribution in [0.2, 0.25) is 0 Å². The van der Waals surface area contributed by atoms with E-state index in [1.54, 1.807) is 0 Å². The van der Waals surface area contributed by atoms with Gasteiger partial charge in [0.2, 0.25) is 0 Å². The smallest absolute Gasteiger partial charge is 0.416 e. The van der Waals surface area contributed by atoms with Crippen LogP contribution in [0.3, 0.4) is 0 Å². The minimum atomic E-state index is -4.40. The van der Waals surface area contributed by atoms with E-state index in [1.807, 2.05) is 0 Å². The third-order valence-corrected chi connectivity index (χ3v) is 2.52. The molecule has 2 nitrogen and oxygen atoms in total. The van der Waals surface area contributed by atoms with E-state index in [0.717, 1.165) is 6.07 Å². The second kappa shape index (κ2) is 4.40. The molecular formula is C9H9BrF3NO. The standard InChI is InChI=1S/C9H9BrF3NO/c1-15-8-2-5(4-14)6(3-7(8)10)9(11,12)13/h2-3H,4,14H2,1H3. The number of hydrogen-bond acceptors (Lipinski definition) is 2. The number of ether oxygens (including phenoxy) is 1. The quantitative estimate of drug-likeness (QED) is 0.906. The summed E-state index contributed by atoms with van der Waals surface area (Å²) >= 11 is 3.00. The molecule has 1 rings (SSSR count). The van der Waals surface area contributed by atoms with Crippen molar-refractivity contribution in [1.82, 2.24) is 0 Å². The van der Waals surface area contributed by atoms with Gasteiger partial charge in [-0.2, -0.15) is 13.2 Å². The van der Waals surface area contributed by atoms with E-state index in [9.17, 15) is 13.2 Å². The maximum absolute atomic E-state index is 12.5. The molecule has 0 unspecified atom stereocenters. The van der Waals surface area contributed by atoms with Crippen LogP contribution in [0, 0.1) is 0 Å². The van der Waals surface area contributed by atoms with Crippen LogP contribution >= 0.6 is 15.9 Å². The molecule has 0 amide bonds. The van der Waals surface area contributed by atoms with Crippen molar-refractivity contribution in [3.63, 3.8) is 0 Å². The molecule has 0 saturated carbocycles. The summed E-state index contributed by atoms with van der Waals surface area (Å²) in [7, 11) is 1.38. The average Bonchev–Trinajstić information content (AvgIpc) is 2.16. The van der Waals surface area contributed by atoms with Gasteiger partial charge in [0.15, 0.2) is 0 Å². The molecule has 0 bridgehead atoms. The highest BCUT2D eigenvalue weighted by atomic mass is 79.9. The summed E-state index contributed by atoms with van der Waals surface area (Å²) < 4.78 is 42.7. The molecule has 0 radical (unpaired) electrons. The van der Waals surface area contributed by atoms with Crippen LogP contribution in [0.5, 0.6) is 5.75 Å². The molecular weight excluding hydrogens is 275 g/mol. The Morgan fingerprint density at radius 3 is 2.40 bits per heavy atom. The van der Waals surface area contributed by atoms with Gasteiger partial charge in [-0.1, -0.05) is 0 Å². The highest BCUT2D eigenvalue weighted by Gasteiger charge is 2.33. The molecule has 0 atom stereocenters. The largest absolute Gasteiger partial charge is 0.496 e. The first-order valence-electron chi connectivity index (χ1n) is 4.03. The van der Waals surface area contributed by atoms with Crippen LogP contribution < -0.4 is 10.5 Å². The molecule has 0 spiro atoms. The maximum Gasteiger partial charge on any atom is 0.416 e. The SMILES string of the molecule is COc1cc(CN)c(C(F)(F)F)cc1Br. The molecule has 6 heteroatoms. The van der Waals surface area contributed by atoms with Gasteiger partial charge in [-0.3, -0.25) is 0 Å². The minimum absolute atomic E-state index is 0.0163. The minimum Gasteiger partial charge on any atom is -0.496 e. The van der Waals surface area contributed by atoms with Gasteiger partial charge < -0.3 is 10.5 Å². The third-order valence-electron chi connectivity index (χ3n) is 1.90. The summed E-state index contributed by atoms with van der Waals surface area (Å²) in [6, 6.07) is 2.26. The normalized spacial score (nSPS) is 11.6. The van der Waals surface area contributed by atoms with Crippen LogP contribution in [0.15, 0.2) is 16.6 Å². The van der Waals surface area contributed by atoms with Gasteiger partial charge in [-0.05, 0) is 33.6 Å². The van der Waals surface area contributed by atoms with Crippen molar-refractivity contribution in [1.29, 1.82) is 0 Å². The van der Waals surface area contributed by atoms with Crippen LogP contribution in [-0.4, -0.2) is 7.11 Å². The zero-order valence-corrected chi connectivity index (χ0v) is 9.45. The number of benzene rings is 1. The van der Waals surface area contributed by atoms with Crippen molar-refractivity contribution in [3.8, 4) is 5.75 Å². The van der Waals surface area contributed by atoms with Gasteiger partial charge in [-0.25, -0.2) is 0 Å². The van der Waals surface area contributed by atoms with Crippen LogP contribution in [0.1, 0.15) is 11.1 Å². The van der Waals surface area contributed by atoms with Gasteiger partial charge in [-0.15, -0.1) is 0 Å². The van der Waals surface area contributed by atoms with Crippen molar-refractivity contribution in [2.75, 3.05) is 7.11 Å². The zero-order chi connectivity index (χ0) is 11.6. The lowest BCUT2D eigenvalue weighted by Gasteiger charge is -2.14. The van der Waals surface area contributed by atoms with Crippen LogP contribution in [0.25, 0.3) is 0 Å². The molecule has 0 saturated heterocycles. The Kier molecular flexibility index (Phi) is 3.62. The van der Waals surface area contributed by atoms with Crippen molar-refractivity contribution in [3.05, 3.63) is 27.7 Å². The monoisotopic (exact) mass is 283 g/mol. The molecule has 0 aliphatic carbocycles. The number of halogens is 4. The molecule has 0 aromatic heterocycles. The third kappa shape index (κ3) is 2.63. The summed E-state index contributed by atoms with van der Waals surface area (Å²) in [5, 5.41) is 0. The van der Waals surface area contributed by atoms with Gasteiger partial charge in [0, 0.05) is 6.54 Å². The maximum atomic E-state index is 12.5. The Balaban J connectivity index is 3.34. The van der Waals surface area contributed by atoms with E-state index in [1.165, 1.54) is 13.2 Å². The van der Waals surface area contributed by atoms with E-state index in [0.29, 0.717) is 5.75 Å². The van der Waals surface area contributed by atoms with E-state index < -0.39 is 11.7 Å². The van der Waals surface area contributed by atoms with Gasteiger partial charge in [0.25, 0.3) is 0 Å². The number of rotatable bonds is 2. The predicted molar refractivity (Wildman–Crippen MR) is 53.6 cm³/mol. The Bertz CT molecular complexity index is 365. The van der Waals surface area contributed by atoms with Crippen molar-refractivity contribution in [2.45, 2.75) is 12.7 Å². The van der Waals surface area contributed by atoms with Crippen molar-refractivity contribution >= 4 is 15.9 Å². The first-order valence-corrected chi connectivity index (χ1v) is 4.83. The summed E-state index contributed by atoms with van der Waals surface area (Å²) in [5.41, 5.74) is 4.53. The zero-order valence-electron chi connectivity index (χ0n) is 7.86. The Hall–Kier alpha value is -0.750. The second-order valence-electron chi connectivity index (χ2n) is 2.85. The lowest BCUT2D eigenvalue weighted by atomic mass is 10.1. The molecule has 1 aromatic carbocycles. The van der Waals surface area contributed by atoms with E-state index in [4.69, 9.17) is 10.5 Å². The topological polar surface area (TPSA) is 35.2 Å². The van der Waals surface area contributed by atoms with Crippen LogP contribution in [0.4, 0.5) is 13.2 Å². The summed E-state index contributed by atoms with van der Waals surface area (Å²) in [5.74, 6) is 0.337. The lowest BCUT2D eigenvalue weighted by molar-refractivity contribution is -0.138. The lowest BCUT2D eigenvalue weighted by Crippen LogP contribution is -2.12. The fourth-order valence-corrected chi connectivity index (χ4v) is 1.69. The van der Waals surface area contributed by atoms with Crippen molar-refractivity contribution in [2.24, 2.45) is 5.73 Å². The van der Waals surface area contributed by atoms with E-state index >= 15 is 0 Å². The summed E-state index contributed by atoms with van der Waals surface area (Å²) in [6.07, 6.45) is -4.40.